The Bertz CT molecular complexity index is 830. The largest absolute Gasteiger partial charge is 0.438 e. The fourth-order valence-corrected chi connectivity index (χ4v) is 2.88. The molecule has 1 heterocycles. The summed E-state index contributed by atoms with van der Waals surface area (Å²) in [5.41, 5.74) is 0. The first kappa shape index (κ1) is 17.6. The maximum absolute atomic E-state index is 12.0. The summed E-state index contributed by atoms with van der Waals surface area (Å²) in [6.07, 6.45) is 1.22. The van der Waals surface area contributed by atoms with Crippen LogP contribution in [-0.4, -0.2) is 43.5 Å². The predicted octanol–water partition coefficient (Wildman–Crippen LogP) is 2.80. The molecular weight excluding hydrogens is 363 g/mol. The Balaban J connectivity index is 2.23. The molecule has 0 fully saturated rings. The average Bonchev–Trinajstić information content (AvgIpc) is 2.72. The van der Waals surface area contributed by atoms with Crippen molar-refractivity contribution in [2.45, 2.75) is 4.90 Å². The zero-order valence-corrected chi connectivity index (χ0v) is 14.9. The number of rotatable bonds is 5. The lowest BCUT2D eigenvalue weighted by Crippen LogP contribution is -2.10. The van der Waals surface area contributed by atoms with Crippen LogP contribution in [0.1, 0.15) is 0 Å². The third kappa shape index (κ3) is 4.15. The van der Waals surface area contributed by atoms with E-state index >= 15 is 0 Å². The summed E-state index contributed by atoms with van der Waals surface area (Å²) >= 11 is 11.8. The van der Waals surface area contributed by atoms with Crippen LogP contribution in [0.3, 0.4) is 0 Å². The van der Waals surface area contributed by atoms with Crippen LogP contribution >= 0.6 is 23.2 Å². The second kappa shape index (κ2) is 6.77. The molecule has 0 N–H and O–H groups in total. The molecule has 0 unspecified atom stereocenters. The maximum Gasteiger partial charge on any atom is 0.283 e. The molecule has 0 aliphatic carbocycles. The molecule has 0 amide bonds. The number of nitrogens with zero attached hydrogens (tertiary/aromatic N) is 4. The molecule has 0 radical (unpaired) electrons. The normalized spacial score (nSPS) is 11.9. The number of aryl methyl sites for hydroxylation is 1. The van der Waals surface area contributed by atoms with Crippen molar-refractivity contribution >= 4 is 39.6 Å². The third-order valence-electron chi connectivity index (χ3n) is 2.65. The summed E-state index contributed by atoms with van der Waals surface area (Å²) in [6.45, 7) is 0. The Kier molecular flexibility index (Phi) is 5.18. The fourth-order valence-electron chi connectivity index (χ4n) is 1.57. The van der Waals surface area contributed by atoms with Crippen molar-refractivity contribution in [2.75, 3.05) is 14.1 Å². The van der Waals surface area contributed by atoms with E-state index in [-0.39, 0.29) is 21.0 Å². The first-order chi connectivity index (χ1) is 10.7. The van der Waals surface area contributed by atoms with Crippen LogP contribution in [0.5, 0.6) is 11.6 Å². The number of hydrogen-bond acceptors (Lipinski definition) is 4. The van der Waals surface area contributed by atoms with Crippen LogP contribution in [0.4, 0.5) is 0 Å². The molecule has 0 spiro atoms. The highest BCUT2D eigenvalue weighted by molar-refractivity contribution is 7.90. The number of aromatic nitrogens is 2. The highest BCUT2D eigenvalue weighted by Gasteiger charge is 2.16. The molecule has 10 heteroatoms. The van der Waals surface area contributed by atoms with Gasteiger partial charge < -0.3 is 9.64 Å². The molecule has 124 valence electrons. The van der Waals surface area contributed by atoms with Gasteiger partial charge in [-0.15, -0.1) is 4.40 Å². The topological polar surface area (TPSA) is 76.8 Å². The van der Waals surface area contributed by atoms with Crippen molar-refractivity contribution < 1.29 is 13.2 Å². The summed E-state index contributed by atoms with van der Waals surface area (Å²) in [6, 6.07) is 5.78. The zero-order chi connectivity index (χ0) is 17.2. The van der Waals surface area contributed by atoms with Crippen LogP contribution in [0.25, 0.3) is 0 Å². The molecule has 1 aromatic heterocycles. The monoisotopic (exact) mass is 376 g/mol. The van der Waals surface area contributed by atoms with Gasteiger partial charge in [-0.2, -0.15) is 13.5 Å². The highest BCUT2D eigenvalue weighted by atomic mass is 35.5. The van der Waals surface area contributed by atoms with Gasteiger partial charge in [-0.25, -0.2) is 4.68 Å². The van der Waals surface area contributed by atoms with Gasteiger partial charge in [0.25, 0.3) is 10.0 Å². The molecule has 0 bridgehead atoms. The van der Waals surface area contributed by atoms with Crippen molar-refractivity contribution in [3.8, 4) is 11.6 Å². The predicted molar refractivity (Wildman–Crippen MR) is 89.1 cm³/mol. The molecule has 0 saturated heterocycles. The van der Waals surface area contributed by atoms with E-state index in [0.29, 0.717) is 5.75 Å². The molecule has 0 atom stereocenters. The van der Waals surface area contributed by atoms with Crippen molar-refractivity contribution in [2.24, 2.45) is 11.4 Å². The zero-order valence-electron chi connectivity index (χ0n) is 12.6. The molecule has 0 aliphatic heterocycles. The van der Waals surface area contributed by atoms with E-state index in [1.54, 1.807) is 21.1 Å². The summed E-state index contributed by atoms with van der Waals surface area (Å²) in [7, 11) is 1.24. The maximum atomic E-state index is 12.0. The highest BCUT2D eigenvalue weighted by Crippen LogP contribution is 2.34. The smallest absolute Gasteiger partial charge is 0.283 e. The van der Waals surface area contributed by atoms with Gasteiger partial charge in [0, 0.05) is 21.1 Å². The van der Waals surface area contributed by atoms with Crippen LogP contribution in [0.15, 0.2) is 33.6 Å². The number of halogens is 2. The van der Waals surface area contributed by atoms with Gasteiger partial charge in [-0.3, -0.25) is 0 Å². The van der Waals surface area contributed by atoms with E-state index in [9.17, 15) is 8.42 Å². The molecule has 0 saturated carbocycles. The van der Waals surface area contributed by atoms with Gasteiger partial charge in [-0.1, -0.05) is 23.2 Å². The lowest BCUT2D eigenvalue weighted by atomic mass is 10.3. The number of ether oxygens (including phenoxy) is 1. The van der Waals surface area contributed by atoms with Gasteiger partial charge in [0.15, 0.2) is 5.15 Å². The van der Waals surface area contributed by atoms with Gasteiger partial charge in [0.2, 0.25) is 5.88 Å². The van der Waals surface area contributed by atoms with Crippen LogP contribution in [0, 0.1) is 0 Å². The Labute approximate surface area is 144 Å². The molecule has 23 heavy (non-hydrogen) atoms. The van der Waals surface area contributed by atoms with Crippen molar-refractivity contribution in [1.82, 2.24) is 14.7 Å². The molecular formula is C13H14Cl2N4O3S. The average molecular weight is 377 g/mol. The quantitative estimate of drug-likeness (QED) is 0.592. The molecule has 2 rings (SSSR count). The van der Waals surface area contributed by atoms with Crippen molar-refractivity contribution in [3.63, 3.8) is 0 Å². The third-order valence-corrected chi connectivity index (χ3v) is 4.60. The van der Waals surface area contributed by atoms with Gasteiger partial charge in [-0.05, 0) is 24.3 Å². The Morgan fingerprint density at radius 1 is 1.26 bits per heavy atom. The minimum absolute atomic E-state index is 0.0529. The molecule has 7 nitrogen and oxygen atoms in total. The number of sulfonamides is 1. The van der Waals surface area contributed by atoms with Crippen LogP contribution in [-0.2, 0) is 17.1 Å². The van der Waals surface area contributed by atoms with Crippen LogP contribution in [0.2, 0.25) is 10.2 Å². The summed E-state index contributed by atoms with van der Waals surface area (Å²) in [4.78, 5) is 1.58. The van der Waals surface area contributed by atoms with E-state index < -0.39 is 10.0 Å². The lowest BCUT2D eigenvalue weighted by molar-refractivity contribution is 0.430. The summed E-state index contributed by atoms with van der Waals surface area (Å²) < 4.78 is 34.5. The first-order valence-electron chi connectivity index (χ1n) is 6.33. The second-order valence-corrected chi connectivity index (χ2v) is 7.13. The molecule has 2 aromatic rings. The number of benzene rings is 1. The SMILES string of the molecule is CN(C)C=NS(=O)(=O)c1ccc(Oc2c(Cl)c(Cl)nn2C)cc1. The fraction of sp³-hybridized carbons (Fsp3) is 0.231. The summed E-state index contributed by atoms with van der Waals surface area (Å²) in [5, 5.41) is 4.22. The van der Waals surface area contributed by atoms with Gasteiger partial charge in [0.05, 0.1) is 4.90 Å². The Morgan fingerprint density at radius 2 is 1.87 bits per heavy atom. The minimum Gasteiger partial charge on any atom is -0.438 e. The van der Waals surface area contributed by atoms with E-state index in [4.69, 9.17) is 27.9 Å². The second-order valence-electron chi connectivity index (χ2n) is 4.77. The minimum atomic E-state index is -3.75. The van der Waals surface area contributed by atoms with E-state index in [2.05, 4.69) is 9.50 Å². The van der Waals surface area contributed by atoms with Crippen molar-refractivity contribution in [3.05, 3.63) is 34.4 Å². The summed E-state index contributed by atoms with van der Waals surface area (Å²) in [5.74, 6) is 0.653. The number of hydrogen-bond donors (Lipinski definition) is 0. The molecule has 0 aliphatic rings. The van der Waals surface area contributed by atoms with Crippen LogP contribution < -0.4 is 4.74 Å². The van der Waals surface area contributed by atoms with Gasteiger partial charge >= 0.3 is 0 Å². The Hall–Kier alpha value is -1.77. The standard InChI is InChI=1S/C13H14Cl2N4O3S/c1-18(2)8-16-23(20,21)10-6-4-9(5-7-10)22-13-11(14)12(15)17-19(13)3/h4-8H,1-3H3. The lowest BCUT2D eigenvalue weighted by Gasteiger charge is -2.07. The van der Waals surface area contributed by atoms with E-state index in [0.717, 1.165) is 0 Å². The van der Waals surface area contributed by atoms with E-state index in [1.807, 2.05) is 0 Å². The van der Waals surface area contributed by atoms with Crippen molar-refractivity contribution in [1.29, 1.82) is 0 Å². The van der Waals surface area contributed by atoms with E-state index in [1.165, 1.54) is 40.2 Å². The molecule has 1 aromatic carbocycles. The van der Waals surface area contributed by atoms with Gasteiger partial charge in [0.1, 0.15) is 17.1 Å². The first-order valence-corrected chi connectivity index (χ1v) is 8.53. The Morgan fingerprint density at radius 3 is 2.35 bits per heavy atom.